The number of carbonyl (C=O) groups is 2. The van der Waals surface area contributed by atoms with E-state index >= 15 is 0 Å². The topological polar surface area (TPSA) is 61.8 Å². The van der Waals surface area contributed by atoms with Gasteiger partial charge in [0.15, 0.2) is 0 Å². The summed E-state index contributed by atoms with van der Waals surface area (Å²) in [7, 11) is 0. The molecule has 8 atom stereocenters. The third-order valence-electron chi connectivity index (χ3n) is 9.73. The summed E-state index contributed by atoms with van der Waals surface area (Å²) < 4.78 is 5.57. The smallest absolute Gasteiger partial charge is 0.302 e. The van der Waals surface area contributed by atoms with Gasteiger partial charge in [-0.15, -0.1) is 0 Å². The molecule has 0 aromatic carbocycles. The highest BCUT2D eigenvalue weighted by Gasteiger charge is 2.73. The number of fused-ring (bicyclic) bond motifs is 3. The molecule has 2 saturated heterocycles. The number of aldehydes is 1. The van der Waals surface area contributed by atoms with E-state index in [2.05, 4.69) is 26.8 Å². The number of carbonyl (C=O) groups excluding carboxylic acids is 2. The van der Waals surface area contributed by atoms with Crippen LogP contribution >= 0.6 is 0 Å². The molecule has 0 aromatic heterocycles. The predicted octanol–water partition coefficient (Wildman–Crippen LogP) is 4.54. The summed E-state index contributed by atoms with van der Waals surface area (Å²) in [5.41, 5.74) is 0.687. The lowest BCUT2D eigenvalue weighted by Crippen LogP contribution is -2.71. The molecule has 0 unspecified atom stereocenters. The van der Waals surface area contributed by atoms with Gasteiger partial charge in [-0.3, -0.25) is 4.79 Å². The highest BCUT2D eigenvalue weighted by molar-refractivity contribution is 5.66. The second-order valence-corrected chi connectivity index (χ2v) is 10.9. The van der Waals surface area contributed by atoms with Crippen molar-refractivity contribution >= 4 is 12.3 Å². The first kappa shape index (κ1) is 19.7. The minimum absolute atomic E-state index is 0.0736. The monoisotopic (exact) mass is 402 g/mol. The minimum Gasteiger partial charge on any atom is -0.462 e. The van der Waals surface area contributed by atoms with Gasteiger partial charge < -0.3 is 9.53 Å². The standard InChI is InChI=1S/C24H34O5/c1-15(14-25)18-5-6-19-21(18,3)9-8-20-22(4)10-7-17(27-16(2)26)13-23(22)11-12-24(19,20)29-28-23/h8,14-15,17-19H,5-7,9-13H2,1-4H3/t15-,17-,18+,19-,21-,22-,23+,24+/m1/s1. The maximum Gasteiger partial charge on any atom is 0.302 e. The Morgan fingerprint density at radius 3 is 2.66 bits per heavy atom. The van der Waals surface area contributed by atoms with E-state index < -0.39 is 5.60 Å². The van der Waals surface area contributed by atoms with E-state index in [1.54, 1.807) is 0 Å². The van der Waals surface area contributed by atoms with Crippen LogP contribution in [0.25, 0.3) is 0 Å². The van der Waals surface area contributed by atoms with Gasteiger partial charge in [0, 0.05) is 30.6 Å². The fourth-order valence-corrected chi connectivity index (χ4v) is 8.29. The van der Waals surface area contributed by atoms with Crippen LogP contribution in [0, 0.1) is 28.6 Å². The maximum atomic E-state index is 11.6. The van der Waals surface area contributed by atoms with E-state index in [0.717, 1.165) is 51.2 Å². The van der Waals surface area contributed by atoms with Crippen LogP contribution in [-0.4, -0.2) is 29.6 Å². The molecule has 5 heteroatoms. The first-order valence-corrected chi connectivity index (χ1v) is 11.4. The predicted molar refractivity (Wildman–Crippen MR) is 107 cm³/mol. The average Bonchev–Trinajstić information content (AvgIpc) is 3.05. The van der Waals surface area contributed by atoms with Crippen molar-refractivity contribution in [2.45, 2.75) is 96.4 Å². The van der Waals surface area contributed by atoms with Crippen molar-refractivity contribution in [3.05, 3.63) is 11.6 Å². The van der Waals surface area contributed by atoms with Crippen LogP contribution in [0.5, 0.6) is 0 Å². The van der Waals surface area contributed by atoms with Crippen molar-refractivity contribution in [2.24, 2.45) is 28.6 Å². The van der Waals surface area contributed by atoms with E-state index in [4.69, 9.17) is 14.5 Å². The molecular formula is C24H34O5. The van der Waals surface area contributed by atoms with Crippen LogP contribution < -0.4 is 0 Å². The summed E-state index contributed by atoms with van der Waals surface area (Å²) in [4.78, 5) is 35.8. The van der Waals surface area contributed by atoms with Crippen LogP contribution in [0.2, 0.25) is 0 Å². The molecule has 2 heterocycles. The Bertz CT molecular complexity index is 763. The molecule has 2 spiro atoms. The molecule has 160 valence electrons. The summed E-state index contributed by atoms with van der Waals surface area (Å²) in [5, 5.41) is 0. The second-order valence-electron chi connectivity index (χ2n) is 10.9. The Morgan fingerprint density at radius 2 is 2.00 bits per heavy atom. The Morgan fingerprint density at radius 1 is 1.21 bits per heavy atom. The van der Waals surface area contributed by atoms with Gasteiger partial charge in [0.05, 0.1) is 0 Å². The SMILES string of the molecule is CC(=O)O[C@@H]1CC[C@]2(C)C3=CC[C@@]4(C)[C@@H](CC[C@H]4[C@H](C)C=O)[C@@]34CC[C@@]2(C1)OO4. The van der Waals surface area contributed by atoms with Crippen molar-refractivity contribution in [1.29, 1.82) is 0 Å². The Labute approximate surface area is 173 Å². The number of esters is 1. The fourth-order valence-electron chi connectivity index (χ4n) is 8.29. The summed E-state index contributed by atoms with van der Waals surface area (Å²) >= 11 is 0. The Balaban J connectivity index is 1.52. The summed E-state index contributed by atoms with van der Waals surface area (Å²) in [6, 6.07) is 0. The normalized spacial score (nSPS) is 51.3. The molecule has 2 aliphatic heterocycles. The largest absolute Gasteiger partial charge is 0.462 e. The van der Waals surface area contributed by atoms with E-state index in [0.29, 0.717) is 18.3 Å². The molecule has 3 saturated carbocycles. The van der Waals surface area contributed by atoms with Gasteiger partial charge in [-0.25, -0.2) is 9.78 Å². The molecule has 5 nitrogen and oxygen atoms in total. The number of rotatable bonds is 3. The second kappa shape index (κ2) is 6.16. The van der Waals surface area contributed by atoms with E-state index in [9.17, 15) is 9.59 Å². The van der Waals surface area contributed by atoms with Gasteiger partial charge in [0.2, 0.25) is 0 Å². The van der Waals surface area contributed by atoms with Crippen molar-refractivity contribution < 1.29 is 24.1 Å². The first-order valence-electron chi connectivity index (χ1n) is 11.4. The Kier molecular flexibility index (Phi) is 4.20. The molecule has 0 radical (unpaired) electrons. The van der Waals surface area contributed by atoms with Crippen LogP contribution in [0.15, 0.2) is 11.6 Å². The summed E-state index contributed by atoms with van der Waals surface area (Å²) in [5.74, 6) is 0.662. The van der Waals surface area contributed by atoms with Crippen LogP contribution in [-0.2, 0) is 24.1 Å². The zero-order valence-electron chi connectivity index (χ0n) is 18.2. The van der Waals surface area contributed by atoms with Gasteiger partial charge in [0.25, 0.3) is 0 Å². The fraction of sp³-hybridized carbons (Fsp3) is 0.833. The van der Waals surface area contributed by atoms with Gasteiger partial charge in [-0.05, 0) is 61.9 Å². The third-order valence-corrected chi connectivity index (χ3v) is 9.73. The molecular weight excluding hydrogens is 368 g/mol. The summed E-state index contributed by atoms with van der Waals surface area (Å²) in [6.45, 7) is 8.28. The van der Waals surface area contributed by atoms with Gasteiger partial charge in [0.1, 0.15) is 23.6 Å². The number of hydrogen-bond acceptors (Lipinski definition) is 5. The average molecular weight is 403 g/mol. The lowest BCUT2D eigenvalue weighted by molar-refractivity contribution is -0.494. The van der Waals surface area contributed by atoms with E-state index in [1.165, 1.54) is 12.5 Å². The molecule has 0 N–H and O–H groups in total. The van der Waals surface area contributed by atoms with Gasteiger partial charge in [-0.2, -0.15) is 0 Å². The maximum absolute atomic E-state index is 11.6. The molecule has 6 aliphatic rings. The highest BCUT2D eigenvalue weighted by atomic mass is 17.2. The zero-order valence-corrected chi connectivity index (χ0v) is 18.2. The molecule has 2 bridgehead atoms. The van der Waals surface area contributed by atoms with Gasteiger partial charge >= 0.3 is 5.97 Å². The van der Waals surface area contributed by atoms with Crippen molar-refractivity contribution in [1.82, 2.24) is 0 Å². The number of hydrogen-bond donors (Lipinski definition) is 0. The van der Waals surface area contributed by atoms with Crippen LogP contribution in [0.4, 0.5) is 0 Å². The first-order chi connectivity index (χ1) is 13.7. The third kappa shape index (κ3) is 2.35. The van der Waals surface area contributed by atoms with Crippen LogP contribution in [0.3, 0.4) is 0 Å². The summed E-state index contributed by atoms with van der Waals surface area (Å²) in [6.07, 6.45) is 11.1. The Hall–Kier alpha value is -1.20. The molecule has 0 aromatic rings. The molecule has 4 aliphatic carbocycles. The molecule has 29 heavy (non-hydrogen) atoms. The molecule has 5 fully saturated rings. The molecule has 6 rings (SSSR count). The number of ether oxygens (including phenoxy) is 1. The number of allylic oxidation sites excluding steroid dienone is 1. The van der Waals surface area contributed by atoms with Crippen molar-refractivity contribution in [3.8, 4) is 0 Å². The van der Waals surface area contributed by atoms with Gasteiger partial charge in [-0.1, -0.05) is 26.8 Å². The van der Waals surface area contributed by atoms with Crippen molar-refractivity contribution in [2.75, 3.05) is 0 Å². The highest BCUT2D eigenvalue weighted by Crippen LogP contribution is 2.73. The van der Waals surface area contributed by atoms with Crippen molar-refractivity contribution in [3.63, 3.8) is 0 Å². The minimum atomic E-state index is -0.402. The van der Waals surface area contributed by atoms with E-state index in [-0.39, 0.29) is 34.4 Å². The molecule has 0 amide bonds. The zero-order chi connectivity index (χ0) is 20.7. The van der Waals surface area contributed by atoms with E-state index in [1.807, 2.05) is 0 Å². The lowest BCUT2D eigenvalue weighted by Gasteiger charge is -2.69. The van der Waals surface area contributed by atoms with Crippen LogP contribution in [0.1, 0.15) is 79.1 Å². The quantitative estimate of drug-likeness (QED) is 0.300. The lowest BCUT2D eigenvalue weighted by atomic mass is 9.44.